The summed E-state index contributed by atoms with van der Waals surface area (Å²) in [5, 5.41) is 21.6. The third-order valence-electron chi connectivity index (χ3n) is 15.6. The second kappa shape index (κ2) is 9.54. The molecule has 6 fully saturated rings. The van der Waals surface area contributed by atoms with Crippen LogP contribution in [-0.2, 0) is 20.9 Å². The van der Waals surface area contributed by atoms with Gasteiger partial charge in [0.25, 0.3) is 0 Å². The average Bonchev–Trinajstić information content (AvgIpc) is 3.59. The predicted octanol–water partition coefficient (Wildman–Crippen LogP) is 6.93. The van der Waals surface area contributed by atoms with E-state index < -0.39 is 16.9 Å². The molecule has 1 aromatic rings. The minimum absolute atomic E-state index is 0.0353. The maximum atomic E-state index is 14.3. The van der Waals surface area contributed by atoms with Gasteiger partial charge in [-0.15, -0.1) is 0 Å². The predicted molar refractivity (Wildman–Crippen MR) is 162 cm³/mol. The molecule has 5 unspecified atom stereocenters. The van der Waals surface area contributed by atoms with Gasteiger partial charge in [-0.25, -0.2) is 0 Å². The number of aliphatic hydroxyl groups excluding tert-OH is 2. The zero-order chi connectivity index (χ0) is 29.8. The van der Waals surface area contributed by atoms with Crippen LogP contribution >= 0.6 is 0 Å². The van der Waals surface area contributed by atoms with Crippen molar-refractivity contribution in [3.63, 3.8) is 0 Å². The van der Waals surface area contributed by atoms with Crippen molar-refractivity contribution in [2.24, 2.45) is 56.7 Å². The average molecular weight is 579 g/mol. The molecule has 6 aliphatic rings. The molecule has 1 heterocycles. The first-order valence-corrected chi connectivity index (χ1v) is 17.0. The van der Waals surface area contributed by atoms with Gasteiger partial charge in [-0.05, 0) is 123 Å². The van der Waals surface area contributed by atoms with Crippen LogP contribution in [0.15, 0.2) is 30.3 Å². The van der Waals surface area contributed by atoms with Crippen molar-refractivity contribution >= 4 is 5.97 Å². The smallest absolute Gasteiger partial charge is 0.312 e. The van der Waals surface area contributed by atoms with Gasteiger partial charge in [0, 0.05) is 5.41 Å². The van der Waals surface area contributed by atoms with Crippen molar-refractivity contribution in [3.8, 4) is 0 Å². The monoisotopic (exact) mass is 578 g/mol. The van der Waals surface area contributed by atoms with Crippen LogP contribution in [0.4, 0.5) is 0 Å². The number of epoxide rings is 1. The van der Waals surface area contributed by atoms with E-state index in [1.54, 1.807) is 0 Å². The fourth-order valence-corrected chi connectivity index (χ4v) is 12.8. The number of rotatable bonds is 5. The molecule has 7 rings (SSSR count). The molecule has 5 saturated carbocycles. The minimum Gasteiger partial charge on any atom is -0.460 e. The van der Waals surface area contributed by atoms with E-state index in [4.69, 9.17) is 9.47 Å². The fourth-order valence-electron chi connectivity index (χ4n) is 12.8. The number of hydrogen-bond donors (Lipinski definition) is 2. The van der Waals surface area contributed by atoms with E-state index in [0.29, 0.717) is 36.2 Å². The maximum absolute atomic E-state index is 14.3. The standard InChI is InChI=1S/C37H54O5/c1-32-16-15-29(39)33(2,22-38)27(32)14-17-35(4)28(32)12-11-25-30-26(36(5)23-42-36)13-18-37(30,20-19-34(25,35)3)31(40)41-21-24-9-7-6-8-10-24/h6-10,25-30,38-39H,11-23H2,1-5H3/t25?,26-,27?,28?,29+,30?,32+,33+,34-,35-,36?,37+/m1/s1. The molecule has 1 aliphatic heterocycles. The van der Waals surface area contributed by atoms with E-state index in [9.17, 15) is 15.0 Å². The molecular formula is C37H54O5. The van der Waals surface area contributed by atoms with Crippen LogP contribution in [0.3, 0.4) is 0 Å². The van der Waals surface area contributed by atoms with Crippen LogP contribution in [0.25, 0.3) is 0 Å². The van der Waals surface area contributed by atoms with E-state index in [-0.39, 0.29) is 34.4 Å². The largest absolute Gasteiger partial charge is 0.460 e. The molecule has 5 nitrogen and oxygen atoms in total. The first-order valence-electron chi connectivity index (χ1n) is 17.0. The highest BCUT2D eigenvalue weighted by Gasteiger charge is 2.74. The molecule has 5 heteroatoms. The second-order valence-corrected chi connectivity index (χ2v) is 16.9. The van der Waals surface area contributed by atoms with Crippen molar-refractivity contribution < 1.29 is 24.5 Å². The lowest BCUT2D eigenvalue weighted by Crippen LogP contribution is -2.68. The highest BCUT2D eigenvalue weighted by molar-refractivity contribution is 5.78. The summed E-state index contributed by atoms with van der Waals surface area (Å²) in [6.07, 6.45) is 9.92. The first kappa shape index (κ1) is 29.3. The van der Waals surface area contributed by atoms with Crippen molar-refractivity contribution in [1.82, 2.24) is 0 Å². The molecule has 0 spiro atoms. The number of benzene rings is 1. The zero-order valence-electron chi connectivity index (χ0n) is 26.7. The van der Waals surface area contributed by atoms with Gasteiger partial charge in [0.2, 0.25) is 0 Å². The summed E-state index contributed by atoms with van der Waals surface area (Å²) < 4.78 is 12.4. The molecule has 12 atom stereocenters. The SMILES string of the molecule is CC1([C@@H]2CC[C@]3(C(=O)OCc4ccccc4)CC[C@]4(C)C(CCC5[C@@]6(C)CC[C@H](O)[C@@](C)(CO)C6CC[C@]54C)C23)CO1. The number of fused-ring (bicyclic) bond motifs is 7. The first-order chi connectivity index (χ1) is 19.9. The van der Waals surface area contributed by atoms with Crippen molar-refractivity contribution in [2.45, 2.75) is 117 Å². The Hall–Kier alpha value is -1.43. The summed E-state index contributed by atoms with van der Waals surface area (Å²) in [5.74, 6) is 2.11. The van der Waals surface area contributed by atoms with Gasteiger partial charge in [-0.3, -0.25) is 4.79 Å². The number of ether oxygens (including phenoxy) is 2. The molecule has 1 aromatic carbocycles. The van der Waals surface area contributed by atoms with Gasteiger partial charge in [-0.1, -0.05) is 58.0 Å². The van der Waals surface area contributed by atoms with Crippen LogP contribution in [-0.4, -0.2) is 41.1 Å². The minimum atomic E-state index is -0.426. The lowest BCUT2D eigenvalue weighted by atomic mass is 9.32. The molecule has 0 amide bonds. The van der Waals surface area contributed by atoms with Gasteiger partial charge in [-0.2, -0.15) is 0 Å². The number of hydrogen-bond acceptors (Lipinski definition) is 5. The Balaban J connectivity index is 1.23. The van der Waals surface area contributed by atoms with Crippen LogP contribution < -0.4 is 0 Å². The van der Waals surface area contributed by atoms with Crippen molar-refractivity contribution in [1.29, 1.82) is 0 Å². The molecule has 5 aliphatic carbocycles. The summed E-state index contributed by atoms with van der Waals surface area (Å²) in [6, 6.07) is 10.1. The molecule has 0 aromatic heterocycles. The Labute approximate surface area is 253 Å². The molecule has 2 N–H and O–H groups in total. The second-order valence-electron chi connectivity index (χ2n) is 16.9. The highest BCUT2D eigenvalue weighted by atomic mass is 16.6. The third kappa shape index (κ3) is 3.75. The quantitative estimate of drug-likeness (QED) is 0.293. The van der Waals surface area contributed by atoms with E-state index in [2.05, 4.69) is 34.6 Å². The number of aliphatic hydroxyl groups is 2. The number of carbonyl (C=O) groups is 1. The number of esters is 1. The highest BCUT2D eigenvalue weighted by Crippen LogP contribution is 2.78. The van der Waals surface area contributed by atoms with E-state index in [1.807, 2.05) is 30.3 Å². The van der Waals surface area contributed by atoms with Gasteiger partial charge in [0.15, 0.2) is 0 Å². The normalized spacial score (nSPS) is 52.8. The van der Waals surface area contributed by atoms with E-state index >= 15 is 0 Å². The lowest BCUT2D eigenvalue weighted by Gasteiger charge is -2.72. The Morgan fingerprint density at radius 1 is 0.857 bits per heavy atom. The number of carbonyl (C=O) groups excluding carboxylic acids is 1. The van der Waals surface area contributed by atoms with Crippen molar-refractivity contribution in [3.05, 3.63) is 35.9 Å². The fraction of sp³-hybridized carbons (Fsp3) is 0.811. The van der Waals surface area contributed by atoms with Gasteiger partial charge < -0.3 is 19.7 Å². The molecule has 1 saturated heterocycles. The summed E-state index contributed by atoms with van der Waals surface area (Å²) in [4.78, 5) is 14.3. The molecule has 0 bridgehead atoms. The zero-order valence-corrected chi connectivity index (χ0v) is 26.7. The van der Waals surface area contributed by atoms with E-state index in [0.717, 1.165) is 70.0 Å². The summed E-state index contributed by atoms with van der Waals surface area (Å²) in [7, 11) is 0. The Kier molecular flexibility index (Phi) is 6.65. The maximum Gasteiger partial charge on any atom is 0.312 e. The van der Waals surface area contributed by atoms with Gasteiger partial charge in [0.05, 0.1) is 30.3 Å². The van der Waals surface area contributed by atoms with Gasteiger partial charge >= 0.3 is 5.97 Å². The van der Waals surface area contributed by atoms with Crippen LogP contribution in [0.1, 0.15) is 104 Å². The third-order valence-corrected chi connectivity index (χ3v) is 15.6. The topological polar surface area (TPSA) is 79.3 Å². The molecule has 42 heavy (non-hydrogen) atoms. The Morgan fingerprint density at radius 3 is 2.29 bits per heavy atom. The lowest BCUT2D eigenvalue weighted by molar-refractivity contribution is -0.256. The Morgan fingerprint density at radius 2 is 1.60 bits per heavy atom. The summed E-state index contributed by atoms with van der Waals surface area (Å²) in [5.41, 5.74) is 0.528. The molecule has 0 radical (unpaired) electrons. The van der Waals surface area contributed by atoms with Crippen LogP contribution in [0, 0.1) is 56.7 Å². The summed E-state index contributed by atoms with van der Waals surface area (Å²) >= 11 is 0. The van der Waals surface area contributed by atoms with Crippen LogP contribution in [0.2, 0.25) is 0 Å². The Bertz CT molecular complexity index is 1210. The van der Waals surface area contributed by atoms with Crippen LogP contribution in [0.5, 0.6) is 0 Å². The van der Waals surface area contributed by atoms with E-state index in [1.165, 1.54) is 6.42 Å². The molecular weight excluding hydrogens is 524 g/mol. The van der Waals surface area contributed by atoms with Crippen molar-refractivity contribution in [2.75, 3.05) is 13.2 Å². The molecule has 232 valence electrons. The van der Waals surface area contributed by atoms with Gasteiger partial charge in [0.1, 0.15) is 6.61 Å². The summed E-state index contributed by atoms with van der Waals surface area (Å²) in [6.45, 7) is 13.4.